The highest BCUT2D eigenvalue weighted by Crippen LogP contribution is 2.39. The van der Waals surface area contributed by atoms with E-state index in [1.165, 1.54) is 19.3 Å². The number of urea groups is 1. The summed E-state index contributed by atoms with van der Waals surface area (Å²) in [4.78, 5) is 11.6. The SMILES string of the molecule is CC1(CNC(=O)NCC2(O)CCSC2)CCC1. The number of aliphatic hydroxyl groups is 1. The summed E-state index contributed by atoms with van der Waals surface area (Å²) in [5, 5.41) is 15.7. The zero-order valence-corrected chi connectivity index (χ0v) is 11.2. The molecule has 0 spiro atoms. The monoisotopic (exact) mass is 258 g/mol. The highest BCUT2D eigenvalue weighted by Gasteiger charge is 2.33. The molecule has 0 aromatic heterocycles. The molecule has 0 radical (unpaired) electrons. The summed E-state index contributed by atoms with van der Waals surface area (Å²) < 4.78 is 0. The summed E-state index contributed by atoms with van der Waals surface area (Å²) >= 11 is 1.74. The molecule has 1 heterocycles. The van der Waals surface area contributed by atoms with Crippen molar-refractivity contribution in [1.82, 2.24) is 10.6 Å². The van der Waals surface area contributed by atoms with Gasteiger partial charge in [-0.1, -0.05) is 13.3 Å². The Labute approximate surface area is 107 Å². The van der Waals surface area contributed by atoms with Crippen molar-refractivity contribution < 1.29 is 9.90 Å². The summed E-state index contributed by atoms with van der Waals surface area (Å²) in [6, 6.07) is -0.150. The van der Waals surface area contributed by atoms with E-state index < -0.39 is 5.60 Å². The van der Waals surface area contributed by atoms with Crippen molar-refractivity contribution in [3.8, 4) is 0 Å². The van der Waals surface area contributed by atoms with Gasteiger partial charge < -0.3 is 15.7 Å². The predicted molar refractivity (Wildman–Crippen MR) is 70.3 cm³/mol. The molecule has 2 fully saturated rings. The first-order valence-electron chi connectivity index (χ1n) is 6.33. The number of hydrogen-bond acceptors (Lipinski definition) is 3. The van der Waals surface area contributed by atoms with Gasteiger partial charge in [0.15, 0.2) is 0 Å². The van der Waals surface area contributed by atoms with E-state index in [1.807, 2.05) is 0 Å². The molecule has 0 bridgehead atoms. The van der Waals surface area contributed by atoms with Crippen molar-refractivity contribution in [3.05, 3.63) is 0 Å². The second-order valence-electron chi connectivity index (χ2n) is 5.73. The molecular weight excluding hydrogens is 236 g/mol. The van der Waals surface area contributed by atoms with Gasteiger partial charge in [-0.15, -0.1) is 0 Å². The highest BCUT2D eigenvalue weighted by atomic mass is 32.2. The molecule has 0 aromatic rings. The molecule has 98 valence electrons. The van der Waals surface area contributed by atoms with Crippen LogP contribution in [0.1, 0.15) is 32.6 Å². The van der Waals surface area contributed by atoms with Crippen LogP contribution < -0.4 is 10.6 Å². The average Bonchev–Trinajstić information content (AvgIpc) is 2.69. The quantitative estimate of drug-likeness (QED) is 0.713. The standard InChI is InChI=1S/C12H22N2O2S/c1-11(3-2-4-11)7-13-10(15)14-8-12(16)5-6-17-9-12/h16H,2-9H2,1H3,(H2,13,14,15). The topological polar surface area (TPSA) is 61.4 Å². The van der Waals surface area contributed by atoms with Gasteiger partial charge in [-0.2, -0.15) is 11.8 Å². The minimum Gasteiger partial charge on any atom is -0.387 e. The normalized spacial score (nSPS) is 30.7. The van der Waals surface area contributed by atoms with Crippen LogP contribution in [0.3, 0.4) is 0 Å². The number of rotatable bonds is 4. The lowest BCUT2D eigenvalue weighted by molar-refractivity contribution is 0.0696. The van der Waals surface area contributed by atoms with E-state index in [4.69, 9.17) is 0 Å². The lowest BCUT2D eigenvalue weighted by atomic mass is 9.70. The van der Waals surface area contributed by atoms with Gasteiger partial charge in [-0.3, -0.25) is 0 Å². The molecule has 3 N–H and O–H groups in total. The van der Waals surface area contributed by atoms with Crippen LogP contribution in [0.4, 0.5) is 4.79 Å². The van der Waals surface area contributed by atoms with Crippen LogP contribution in [0.15, 0.2) is 0 Å². The Hall–Kier alpha value is -0.420. The van der Waals surface area contributed by atoms with E-state index in [0.717, 1.165) is 24.5 Å². The first kappa shape index (κ1) is 13.0. The second-order valence-corrected chi connectivity index (χ2v) is 6.83. The van der Waals surface area contributed by atoms with Gasteiger partial charge in [0.1, 0.15) is 0 Å². The second kappa shape index (κ2) is 5.06. The number of hydrogen-bond donors (Lipinski definition) is 3. The maximum Gasteiger partial charge on any atom is 0.314 e. The van der Waals surface area contributed by atoms with Crippen molar-refractivity contribution in [1.29, 1.82) is 0 Å². The predicted octanol–water partition coefficient (Wildman–Crippen LogP) is 1.34. The third-order valence-corrected chi connectivity index (χ3v) is 5.13. The fraction of sp³-hybridized carbons (Fsp3) is 0.917. The summed E-state index contributed by atoms with van der Waals surface area (Å²) in [6.45, 7) is 3.31. The van der Waals surface area contributed by atoms with E-state index in [-0.39, 0.29) is 6.03 Å². The van der Waals surface area contributed by atoms with Gasteiger partial charge in [-0.25, -0.2) is 4.79 Å². The van der Waals surface area contributed by atoms with Crippen molar-refractivity contribution in [2.24, 2.45) is 5.41 Å². The van der Waals surface area contributed by atoms with E-state index in [0.29, 0.717) is 12.0 Å². The molecule has 1 saturated carbocycles. The number of nitrogens with one attached hydrogen (secondary N) is 2. The van der Waals surface area contributed by atoms with Gasteiger partial charge >= 0.3 is 6.03 Å². The lowest BCUT2D eigenvalue weighted by Gasteiger charge is -2.38. The Kier molecular flexibility index (Phi) is 3.88. The fourth-order valence-electron chi connectivity index (χ4n) is 2.29. The van der Waals surface area contributed by atoms with Crippen molar-refractivity contribution in [3.63, 3.8) is 0 Å². The molecule has 1 unspecified atom stereocenters. The fourth-order valence-corrected chi connectivity index (χ4v) is 3.59. The van der Waals surface area contributed by atoms with Gasteiger partial charge in [0.05, 0.1) is 5.60 Å². The van der Waals surface area contributed by atoms with E-state index in [1.54, 1.807) is 11.8 Å². The van der Waals surface area contributed by atoms with Gasteiger partial charge in [-0.05, 0) is 30.4 Å². The Morgan fingerprint density at radius 3 is 2.53 bits per heavy atom. The van der Waals surface area contributed by atoms with Crippen LogP contribution in [-0.4, -0.2) is 41.3 Å². The molecule has 2 aliphatic rings. The third kappa shape index (κ3) is 3.52. The van der Waals surface area contributed by atoms with Crippen LogP contribution in [0, 0.1) is 5.41 Å². The molecule has 17 heavy (non-hydrogen) atoms. The third-order valence-electron chi connectivity index (χ3n) is 3.90. The maximum atomic E-state index is 11.6. The Morgan fingerprint density at radius 1 is 1.29 bits per heavy atom. The van der Waals surface area contributed by atoms with Crippen molar-refractivity contribution in [2.45, 2.75) is 38.2 Å². The van der Waals surface area contributed by atoms with E-state index in [2.05, 4.69) is 17.6 Å². The Morgan fingerprint density at radius 2 is 2.00 bits per heavy atom. The van der Waals surface area contributed by atoms with Crippen LogP contribution >= 0.6 is 11.8 Å². The molecule has 2 rings (SSSR count). The minimum absolute atomic E-state index is 0.150. The summed E-state index contributed by atoms with van der Waals surface area (Å²) in [5.74, 6) is 1.71. The number of carbonyl (C=O) groups excluding carboxylic acids is 1. The first-order valence-corrected chi connectivity index (χ1v) is 7.49. The molecule has 1 aliphatic carbocycles. The highest BCUT2D eigenvalue weighted by molar-refractivity contribution is 7.99. The lowest BCUT2D eigenvalue weighted by Crippen LogP contribution is -2.49. The number of amides is 2. The Bertz CT molecular complexity index is 286. The molecule has 1 aliphatic heterocycles. The molecule has 0 aromatic carbocycles. The molecule has 4 nitrogen and oxygen atoms in total. The minimum atomic E-state index is -0.692. The zero-order chi connectivity index (χ0) is 12.4. The van der Waals surface area contributed by atoms with Gasteiger partial charge in [0.25, 0.3) is 0 Å². The molecular formula is C12H22N2O2S. The van der Waals surface area contributed by atoms with E-state index >= 15 is 0 Å². The van der Waals surface area contributed by atoms with Crippen molar-refractivity contribution >= 4 is 17.8 Å². The molecule has 1 saturated heterocycles. The van der Waals surface area contributed by atoms with Crippen LogP contribution in [0.2, 0.25) is 0 Å². The Balaban J connectivity index is 1.63. The van der Waals surface area contributed by atoms with Crippen LogP contribution in [0.5, 0.6) is 0 Å². The molecule has 1 atom stereocenters. The van der Waals surface area contributed by atoms with Crippen molar-refractivity contribution in [2.75, 3.05) is 24.6 Å². The van der Waals surface area contributed by atoms with Crippen LogP contribution in [0.25, 0.3) is 0 Å². The summed E-state index contributed by atoms with van der Waals surface area (Å²) in [6.07, 6.45) is 4.45. The first-order chi connectivity index (χ1) is 8.02. The molecule has 2 amide bonds. The average molecular weight is 258 g/mol. The number of carbonyl (C=O) groups is 1. The smallest absolute Gasteiger partial charge is 0.314 e. The summed E-state index contributed by atoms with van der Waals surface area (Å²) in [5.41, 5.74) is -0.389. The summed E-state index contributed by atoms with van der Waals surface area (Å²) in [7, 11) is 0. The van der Waals surface area contributed by atoms with Crippen LogP contribution in [-0.2, 0) is 0 Å². The zero-order valence-electron chi connectivity index (χ0n) is 10.4. The van der Waals surface area contributed by atoms with Gasteiger partial charge in [0, 0.05) is 18.8 Å². The van der Waals surface area contributed by atoms with Gasteiger partial charge in [0.2, 0.25) is 0 Å². The largest absolute Gasteiger partial charge is 0.387 e. The number of thioether (sulfide) groups is 1. The maximum absolute atomic E-state index is 11.6. The molecule has 5 heteroatoms. The van der Waals surface area contributed by atoms with E-state index in [9.17, 15) is 9.90 Å².